The van der Waals surface area contributed by atoms with E-state index in [0.717, 1.165) is 19.4 Å². The van der Waals surface area contributed by atoms with Crippen LogP contribution < -0.4 is 5.73 Å². The fourth-order valence-corrected chi connectivity index (χ4v) is 1.10. The van der Waals surface area contributed by atoms with Gasteiger partial charge in [-0.1, -0.05) is 6.08 Å². The van der Waals surface area contributed by atoms with Crippen LogP contribution in [0.2, 0.25) is 0 Å². The van der Waals surface area contributed by atoms with Crippen molar-refractivity contribution in [2.24, 2.45) is 5.73 Å². The molecule has 0 radical (unpaired) electrons. The average molecular weight is 154 g/mol. The van der Waals surface area contributed by atoms with Crippen LogP contribution in [0.3, 0.4) is 0 Å². The second kappa shape index (κ2) is 3.53. The summed E-state index contributed by atoms with van der Waals surface area (Å²) < 4.78 is 0. The van der Waals surface area contributed by atoms with E-state index in [9.17, 15) is 4.79 Å². The minimum atomic E-state index is -0.377. The van der Waals surface area contributed by atoms with Gasteiger partial charge in [0.1, 0.15) is 0 Å². The summed E-state index contributed by atoms with van der Waals surface area (Å²) in [4.78, 5) is 12.9. The van der Waals surface area contributed by atoms with Gasteiger partial charge < -0.3 is 10.6 Å². The highest BCUT2D eigenvalue weighted by Gasteiger charge is 2.15. The van der Waals surface area contributed by atoms with E-state index in [0.29, 0.717) is 0 Å². The second-order valence-electron chi connectivity index (χ2n) is 2.85. The van der Waals surface area contributed by atoms with Crippen molar-refractivity contribution in [3.05, 3.63) is 12.3 Å². The molecule has 0 spiro atoms. The number of rotatable bonds is 1. The Balaban J connectivity index is 2.52. The third-order valence-electron chi connectivity index (χ3n) is 1.73. The van der Waals surface area contributed by atoms with E-state index >= 15 is 0 Å². The number of carbonyl (C=O) groups is 1. The zero-order valence-corrected chi connectivity index (χ0v) is 6.79. The number of carbonyl (C=O) groups excluding carboxylic acids is 1. The van der Waals surface area contributed by atoms with E-state index in [4.69, 9.17) is 5.73 Å². The molecule has 0 aromatic carbocycles. The molecule has 1 heterocycles. The standard InChI is InChI=1S/C8H14N2O/c1-7(9)8(11)10-5-3-2-4-6-10/h3,5,7H,2,4,6,9H2,1H3. The first kappa shape index (κ1) is 8.27. The summed E-state index contributed by atoms with van der Waals surface area (Å²) >= 11 is 0. The highest BCUT2D eigenvalue weighted by molar-refractivity contribution is 5.82. The first-order chi connectivity index (χ1) is 5.22. The Labute approximate surface area is 66.9 Å². The van der Waals surface area contributed by atoms with Gasteiger partial charge in [-0.2, -0.15) is 0 Å². The lowest BCUT2D eigenvalue weighted by atomic mass is 10.2. The molecule has 0 aromatic rings. The van der Waals surface area contributed by atoms with Crippen LogP contribution in [0.25, 0.3) is 0 Å². The van der Waals surface area contributed by atoms with Gasteiger partial charge in [-0.3, -0.25) is 4.79 Å². The van der Waals surface area contributed by atoms with E-state index in [-0.39, 0.29) is 11.9 Å². The Morgan fingerprint density at radius 3 is 2.91 bits per heavy atom. The van der Waals surface area contributed by atoms with Crippen LogP contribution in [0.4, 0.5) is 0 Å². The molecule has 0 aromatic heterocycles. The number of nitrogens with zero attached hydrogens (tertiary/aromatic N) is 1. The van der Waals surface area contributed by atoms with Crippen LogP contribution in [-0.2, 0) is 4.79 Å². The van der Waals surface area contributed by atoms with E-state index in [2.05, 4.69) is 0 Å². The van der Waals surface area contributed by atoms with Crippen LogP contribution >= 0.6 is 0 Å². The molecule has 1 unspecified atom stereocenters. The van der Waals surface area contributed by atoms with Gasteiger partial charge in [-0.25, -0.2) is 0 Å². The lowest BCUT2D eigenvalue weighted by molar-refractivity contribution is -0.129. The summed E-state index contributed by atoms with van der Waals surface area (Å²) in [6.07, 6.45) is 5.96. The molecule has 0 bridgehead atoms. The highest BCUT2D eigenvalue weighted by atomic mass is 16.2. The Hall–Kier alpha value is -0.830. The number of amides is 1. The molecule has 1 aliphatic rings. The molecule has 1 rings (SSSR count). The van der Waals surface area contributed by atoms with Gasteiger partial charge in [0.2, 0.25) is 5.91 Å². The minimum absolute atomic E-state index is 0.0148. The smallest absolute Gasteiger partial charge is 0.243 e. The molecular formula is C8H14N2O. The largest absolute Gasteiger partial charge is 0.320 e. The minimum Gasteiger partial charge on any atom is -0.320 e. The first-order valence-electron chi connectivity index (χ1n) is 3.94. The first-order valence-corrected chi connectivity index (χ1v) is 3.94. The molecule has 0 saturated carbocycles. The Kier molecular flexibility index (Phi) is 2.65. The average Bonchev–Trinajstić information content (AvgIpc) is 2.05. The Morgan fingerprint density at radius 1 is 1.73 bits per heavy atom. The zero-order chi connectivity index (χ0) is 8.27. The monoisotopic (exact) mass is 154 g/mol. The van der Waals surface area contributed by atoms with Crippen molar-refractivity contribution in [3.8, 4) is 0 Å². The van der Waals surface area contributed by atoms with Crippen molar-refractivity contribution >= 4 is 5.91 Å². The summed E-state index contributed by atoms with van der Waals surface area (Å²) in [6.45, 7) is 2.53. The van der Waals surface area contributed by atoms with E-state index < -0.39 is 0 Å². The number of hydrogen-bond acceptors (Lipinski definition) is 2. The van der Waals surface area contributed by atoms with Gasteiger partial charge >= 0.3 is 0 Å². The van der Waals surface area contributed by atoms with Crippen molar-refractivity contribution in [2.45, 2.75) is 25.8 Å². The summed E-state index contributed by atoms with van der Waals surface area (Å²) in [6, 6.07) is -0.377. The molecule has 11 heavy (non-hydrogen) atoms. The third-order valence-corrected chi connectivity index (χ3v) is 1.73. The van der Waals surface area contributed by atoms with Crippen molar-refractivity contribution in [1.82, 2.24) is 4.90 Å². The number of hydrogen-bond donors (Lipinski definition) is 1. The predicted octanol–water partition coefficient (Wildman–Crippen LogP) is 0.470. The molecule has 1 aliphatic heterocycles. The van der Waals surface area contributed by atoms with Crippen LogP contribution in [0.5, 0.6) is 0 Å². The normalized spacial score (nSPS) is 20.0. The summed E-state index contributed by atoms with van der Waals surface area (Å²) in [5, 5.41) is 0. The molecule has 1 atom stereocenters. The topological polar surface area (TPSA) is 46.3 Å². The lowest BCUT2D eigenvalue weighted by Crippen LogP contribution is -2.40. The van der Waals surface area contributed by atoms with Crippen molar-refractivity contribution < 1.29 is 4.79 Å². The van der Waals surface area contributed by atoms with Gasteiger partial charge in [-0.15, -0.1) is 0 Å². The molecular weight excluding hydrogens is 140 g/mol. The lowest BCUT2D eigenvalue weighted by Gasteiger charge is -2.22. The predicted molar refractivity (Wildman–Crippen MR) is 43.7 cm³/mol. The molecule has 3 nitrogen and oxygen atoms in total. The van der Waals surface area contributed by atoms with Gasteiger partial charge in [0.05, 0.1) is 6.04 Å². The summed E-state index contributed by atoms with van der Waals surface area (Å²) in [5.74, 6) is 0.0148. The Morgan fingerprint density at radius 2 is 2.45 bits per heavy atom. The van der Waals surface area contributed by atoms with Crippen LogP contribution in [0.15, 0.2) is 12.3 Å². The van der Waals surface area contributed by atoms with Gasteiger partial charge in [0.15, 0.2) is 0 Å². The maximum atomic E-state index is 11.2. The molecule has 0 aliphatic carbocycles. The third kappa shape index (κ3) is 2.05. The quantitative estimate of drug-likeness (QED) is 0.596. The zero-order valence-electron chi connectivity index (χ0n) is 6.79. The van der Waals surface area contributed by atoms with Crippen molar-refractivity contribution in [2.75, 3.05) is 6.54 Å². The molecule has 0 fully saturated rings. The van der Waals surface area contributed by atoms with E-state index in [1.165, 1.54) is 0 Å². The highest BCUT2D eigenvalue weighted by Crippen LogP contribution is 2.06. The van der Waals surface area contributed by atoms with Gasteiger partial charge in [0, 0.05) is 12.7 Å². The van der Waals surface area contributed by atoms with Crippen molar-refractivity contribution in [1.29, 1.82) is 0 Å². The fourth-order valence-electron chi connectivity index (χ4n) is 1.10. The summed E-state index contributed by atoms with van der Waals surface area (Å²) in [7, 11) is 0. The molecule has 3 heteroatoms. The van der Waals surface area contributed by atoms with Crippen molar-refractivity contribution in [3.63, 3.8) is 0 Å². The van der Waals surface area contributed by atoms with Gasteiger partial charge in [-0.05, 0) is 19.8 Å². The number of allylic oxidation sites excluding steroid dienone is 1. The molecule has 1 amide bonds. The van der Waals surface area contributed by atoms with E-state index in [1.54, 1.807) is 11.8 Å². The molecule has 62 valence electrons. The second-order valence-corrected chi connectivity index (χ2v) is 2.85. The molecule has 2 N–H and O–H groups in total. The Bertz CT molecular complexity index is 175. The maximum Gasteiger partial charge on any atom is 0.243 e. The SMILES string of the molecule is CC(N)C(=O)N1C=CCCC1. The molecule has 0 saturated heterocycles. The van der Waals surface area contributed by atoms with E-state index in [1.807, 2.05) is 12.3 Å². The maximum absolute atomic E-state index is 11.2. The van der Waals surface area contributed by atoms with Gasteiger partial charge in [0.25, 0.3) is 0 Å². The van der Waals surface area contributed by atoms with Crippen LogP contribution in [-0.4, -0.2) is 23.4 Å². The fraction of sp³-hybridized carbons (Fsp3) is 0.625. The number of nitrogens with two attached hydrogens (primary N) is 1. The summed E-state index contributed by atoms with van der Waals surface area (Å²) in [5.41, 5.74) is 5.44. The van der Waals surface area contributed by atoms with Crippen LogP contribution in [0, 0.1) is 0 Å². The van der Waals surface area contributed by atoms with Crippen LogP contribution in [0.1, 0.15) is 19.8 Å².